The quantitative estimate of drug-likeness (QED) is 0.797. The van der Waals surface area contributed by atoms with Crippen LogP contribution >= 0.6 is 0 Å². The van der Waals surface area contributed by atoms with E-state index in [1.807, 2.05) is 0 Å². The number of halogens is 2. The van der Waals surface area contributed by atoms with Crippen LogP contribution < -0.4 is 5.32 Å². The van der Waals surface area contributed by atoms with Gasteiger partial charge in [0.1, 0.15) is 17.5 Å². The summed E-state index contributed by atoms with van der Waals surface area (Å²) in [5.74, 6) is -0.346. The molecule has 0 unspecified atom stereocenters. The van der Waals surface area contributed by atoms with E-state index in [9.17, 15) is 8.78 Å². The number of aromatic amines is 1. The molecule has 0 fully saturated rings. The second kappa shape index (κ2) is 6.61. The minimum atomic E-state index is -0.582. The fraction of sp³-hybridized carbons (Fsp3) is 0.400. The summed E-state index contributed by atoms with van der Waals surface area (Å²) in [6.07, 6.45) is 3.33. The summed E-state index contributed by atoms with van der Waals surface area (Å²) in [5, 5.41) is 3.33. The molecule has 1 aromatic heterocycles. The van der Waals surface area contributed by atoms with Gasteiger partial charge in [0.15, 0.2) is 0 Å². The van der Waals surface area contributed by atoms with E-state index in [4.69, 9.17) is 0 Å². The van der Waals surface area contributed by atoms with Crippen molar-refractivity contribution in [3.05, 3.63) is 41.9 Å². The molecule has 0 aliphatic heterocycles. The topological polar surface area (TPSA) is 40.7 Å². The summed E-state index contributed by atoms with van der Waals surface area (Å²) < 4.78 is 26.5. The van der Waals surface area contributed by atoms with Crippen LogP contribution in [0.25, 0.3) is 11.3 Å². The van der Waals surface area contributed by atoms with E-state index in [2.05, 4.69) is 29.1 Å². The molecule has 3 nitrogen and oxygen atoms in total. The maximum absolute atomic E-state index is 13.6. The molecule has 1 heterocycles. The van der Waals surface area contributed by atoms with Crippen molar-refractivity contribution in [2.75, 3.05) is 6.54 Å². The molecular weight excluding hydrogens is 260 g/mol. The van der Waals surface area contributed by atoms with Crippen molar-refractivity contribution in [2.45, 2.75) is 32.7 Å². The molecule has 2 aromatic rings. The fourth-order valence-electron chi connectivity index (χ4n) is 1.98. The number of imidazole rings is 1. The van der Waals surface area contributed by atoms with Crippen LogP contribution in [0.4, 0.5) is 8.78 Å². The number of hydrogen-bond acceptors (Lipinski definition) is 2. The molecule has 0 amide bonds. The van der Waals surface area contributed by atoms with Crippen LogP contribution in [-0.2, 0) is 6.42 Å². The van der Waals surface area contributed by atoms with Gasteiger partial charge in [-0.15, -0.1) is 0 Å². The first-order valence-corrected chi connectivity index (χ1v) is 6.79. The van der Waals surface area contributed by atoms with Gasteiger partial charge in [0.05, 0.1) is 11.9 Å². The highest BCUT2D eigenvalue weighted by Gasteiger charge is 2.09. The second-order valence-corrected chi connectivity index (χ2v) is 5.08. The molecule has 0 radical (unpaired) electrons. The number of nitrogens with one attached hydrogen (secondary N) is 2. The first-order chi connectivity index (χ1) is 9.56. The summed E-state index contributed by atoms with van der Waals surface area (Å²) in [6.45, 7) is 5.11. The molecule has 0 saturated heterocycles. The summed E-state index contributed by atoms with van der Waals surface area (Å²) in [7, 11) is 0. The molecule has 5 heteroatoms. The first-order valence-electron chi connectivity index (χ1n) is 6.79. The Labute approximate surface area is 117 Å². The maximum atomic E-state index is 13.6. The Kier molecular flexibility index (Phi) is 4.84. The van der Waals surface area contributed by atoms with E-state index < -0.39 is 11.6 Å². The largest absolute Gasteiger partial charge is 0.342 e. The number of aromatic nitrogens is 2. The van der Waals surface area contributed by atoms with Crippen LogP contribution in [0.1, 0.15) is 26.1 Å². The Morgan fingerprint density at radius 3 is 2.80 bits per heavy atom. The van der Waals surface area contributed by atoms with Crippen molar-refractivity contribution in [2.24, 2.45) is 0 Å². The zero-order valence-electron chi connectivity index (χ0n) is 11.7. The van der Waals surface area contributed by atoms with Gasteiger partial charge < -0.3 is 10.3 Å². The number of aryl methyl sites for hydroxylation is 1. The molecule has 0 saturated carbocycles. The van der Waals surface area contributed by atoms with E-state index >= 15 is 0 Å². The Morgan fingerprint density at radius 2 is 2.10 bits per heavy atom. The van der Waals surface area contributed by atoms with Gasteiger partial charge in [0, 0.05) is 24.1 Å². The lowest BCUT2D eigenvalue weighted by Crippen LogP contribution is -2.24. The van der Waals surface area contributed by atoms with E-state index in [1.54, 1.807) is 6.20 Å². The number of benzene rings is 1. The van der Waals surface area contributed by atoms with Crippen LogP contribution in [0.3, 0.4) is 0 Å². The van der Waals surface area contributed by atoms with Crippen LogP contribution in [0, 0.1) is 11.6 Å². The average Bonchev–Trinajstić information content (AvgIpc) is 2.83. The Balaban J connectivity index is 1.98. The molecule has 2 rings (SSSR count). The van der Waals surface area contributed by atoms with E-state index in [0.29, 0.717) is 17.3 Å². The second-order valence-electron chi connectivity index (χ2n) is 5.08. The zero-order chi connectivity index (χ0) is 14.5. The van der Waals surface area contributed by atoms with Crippen molar-refractivity contribution < 1.29 is 8.78 Å². The number of hydrogen-bond donors (Lipinski definition) is 2. The minimum absolute atomic E-state index is 0.338. The summed E-state index contributed by atoms with van der Waals surface area (Å²) >= 11 is 0. The Morgan fingerprint density at radius 1 is 1.30 bits per heavy atom. The van der Waals surface area contributed by atoms with Gasteiger partial charge in [-0.1, -0.05) is 13.8 Å². The molecule has 20 heavy (non-hydrogen) atoms. The number of H-pyrrole nitrogens is 1. The van der Waals surface area contributed by atoms with E-state index in [-0.39, 0.29) is 0 Å². The lowest BCUT2D eigenvalue weighted by Gasteiger charge is -2.06. The van der Waals surface area contributed by atoms with E-state index in [1.165, 1.54) is 12.1 Å². The summed E-state index contributed by atoms with van der Waals surface area (Å²) in [4.78, 5) is 7.31. The number of nitrogens with zero attached hydrogens (tertiary/aromatic N) is 1. The van der Waals surface area contributed by atoms with Crippen molar-refractivity contribution in [1.29, 1.82) is 0 Å². The van der Waals surface area contributed by atoms with Gasteiger partial charge in [-0.3, -0.25) is 0 Å². The molecule has 0 atom stereocenters. The van der Waals surface area contributed by atoms with E-state index in [0.717, 1.165) is 31.3 Å². The predicted octanol–water partition coefficient (Wildman–Crippen LogP) is 3.29. The van der Waals surface area contributed by atoms with Gasteiger partial charge in [-0.05, 0) is 25.1 Å². The summed E-state index contributed by atoms with van der Waals surface area (Å²) in [6, 6.07) is 4.01. The van der Waals surface area contributed by atoms with Crippen molar-refractivity contribution in [3.8, 4) is 11.3 Å². The standard InChI is InChI=1S/C15H19F2N3/c1-10(2)18-7-3-4-15-19-9-14(20-15)12-6-5-11(16)8-13(12)17/h5-6,8-10,18H,3-4,7H2,1-2H3,(H,19,20). The molecule has 0 aliphatic carbocycles. The molecule has 108 valence electrons. The van der Waals surface area contributed by atoms with Gasteiger partial charge >= 0.3 is 0 Å². The van der Waals surface area contributed by atoms with Gasteiger partial charge in [-0.25, -0.2) is 13.8 Å². The highest BCUT2D eigenvalue weighted by Crippen LogP contribution is 2.21. The SMILES string of the molecule is CC(C)NCCCc1ncc(-c2ccc(F)cc2F)[nH]1. The van der Waals surface area contributed by atoms with Crippen molar-refractivity contribution in [1.82, 2.24) is 15.3 Å². The average molecular weight is 279 g/mol. The predicted molar refractivity (Wildman–Crippen MR) is 75.4 cm³/mol. The molecule has 0 bridgehead atoms. The number of rotatable bonds is 6. The Hall–Kier alpha value is -1.75. The van der Waals surface area contributed by atoms with Crippen LogP contribution in [0.5, 0.6) is 0 Å². The lowest BCUT2D eigenvalue weighted by atomic mass is 10.1. The van der Waals surface area contributed by atoms with Crippen LogP contribution in [0.15, 0.2) is 24.4 Å². The molecular formula is C15H19F2N3. The molecule has 0 aliphatic rings. The molecule has 0 spiro atoms. The highest BCUT2D eigenvalue weighted by atomic mass is 19.1. The van der Waals surface area contributed by atoms with Crippen LogP contribution in [0.2, 0.25) is 0 Å². The Bertz CT molecular complexity index is 564. The zero-order valence-corrected chi connectivity index (χ0v) is 11.7. The normalized spacial score (nSPS) is 11.2. The highest BCUT2D eigenvalue weighted by molar-refractivity contribution is 5.59. The van der Waals surface area contributed by atoms with Crippen LogP contribution in [-0.4, -0.2) is 22.6 Å². The fourth-order valence-corrected chi connectivity index (χ4v) is 1.98. The monoisotopic (exact) mass is 279 g/mol. The third-order valence-corrected chi connectivity index (χ3v) is 2.99. The van der Waals surface area contributed by atoms with Gasteiger partial charge in [-0.2, -0.15) is 0 Å². The van der Waals surface area contributed by atoms with Crippen molar-refractivity contribution >= 4 is 0 Å². The smallest absolute Gasteiger partial charge is 0.135 e. The summed E-state index contributed by atoms with van der Waals surface area (Å²) in [5.41, 5.74) is 0.916. The van der Waals surface area contributed by atoms with Crippen molar-refractivity contribution in [3.63, 3.8) is 0 Å². The maximum Gasteiger partial charge on any atom is 0.135 e. The van der Waals surface area contributed by atoms with Gasteiger partial charge in [0.25, 0.3) is 0 Å². The lowest BCUT2D eigenvalue weighted by molar-refractivity contribution is 0.566. The first kappa shape index (κ1) is 14.7. The third kappa shape index (κ3) is 3.87. The molecule has 2 N–H and O–H groups in total. The minimum Gasteiger partial charge on any atom is -0.342 e. The van der Waals surface area contributed by atoms with Gasteiger partial charge in [0.2, 0.25) is 0 Å². The molecule has 1 aromatic carbocycles. The third-order valence-electron chi connectivity index (χ3n) is 2.99.